The molecular formula is C10H7Se. The molecule has 53 valence electrons. The van der Waals surface area contributed by atoms with Crippen LogP contribution in [0, 0.1) is 0 Å². The summed E-state index contributed by atoms with van der Waals surface area (Å²) < 4.78 is 1.23. The van der Waals surface area contributed by atoms with E-state index in [0.717, 1.165) is 0 Å². The Morgan fingerprint density at radius 2 is 1.64 bits per heavy atom. The minimum atomic E-state index is 1.23. The van der Waals surface area contributed by atoms with Crippen LogP contribution in [-0.2, 0) is 0 Å². The fourth-order valence-corrected chi connectivity index (χ4v) is 1.72. The standard InChI is InChI=1S/C10H7Se/c11-10-7-6-8-4-2-1-3-5-9(8)10/h1-7H. The first-order valence-electron chi connectivity index (χ1n) is 3.53. The first kappa shape index (κ1) is 6.90. The van der Waals surface area contributed by atoms with Crippen LogP contribution in [0.4, 0.5) is 0 Å². The number of hydrogen-bond acceptors (Lipinski definition) is 0. The van der Waals surface area contributed by atoms with Gasteiger partial charge in [0.2, 0.25) is 0 Å². The molecule has 0 saturated carbocycles. The van der Waals surface area contributed by atoms with E-state index in [9.17, 15) is 0 Å². The van der Waals surface area contributed by atoms with Crippen LogP contribution in [0.2, 0.25) is 0 Å². The molecule has 0 nitrogen and oxygen atoms in total. The van der Waals surface area contributed by atoms with Crippen molar-refractivity contribution >= 4 is 20.5 Å². The molecule has 0 aromatic carbocycles. The third-order valence-electron chi connectivity index (χ3n) is 1.75. The Morgan fingerprint density at radius 3 is 2.55 bits per heavy atom. The van der Waals surface area contributed by atoms with Gasteiger partial charge in [0.15, 0.2) is 0 Å². The predicted molar refractivity (Wildman–Crippen MR) is 48.5 cm³/mol. The van der Waals surface area contributed by atoms with Crippen LogP contribution in [0.25, 0.3) is 11.1 Å². The molecule has 2 rings (SSSR count). The van der Waals surface area contributed by atoms with Gasteiger partial charge in [-0.05, 0) is 0 Å². The minimum absolute atomic E-state index is 1.23. The molecule has 0 bridgehead atoms. The quantitative estimate of drug-likeness (QED) is 0.574. The Morgan fingerprint density at radius 1 is 0.818 bits per heavy atom. The van der Waals surface area contributed by atoms with Gasteiger partial charge in [-0.1, -0.05) is 0 Å². The number of hydrogen-bond donors (Lipinski definition) is 0. The fraction of sp³-hybridized carbons (Fsp3) is 0. The van der Waals surface area contributed by atoms with Gasteiger partial charge in [-0.2, -0.15) is 0 Å². The number of fused-ring (bicyclic) bond motifs is 1. The van der Waals surface area contributed by atoms with Crippen LogP contribution in [0.3, 0.4) is 0 Å². The monoisotopic (exact) mass is 207 g/mol. The molecule has 0 N–H and O–H groups in total. The first-order valence-corrected chi connectivity index (χ1v) is 4.38. The zero-order chi connectivity index (χ0) is 7.68. The molecule has 0 atom stereocenters. The summed E-state index contributed by atoms with van der Waals surface area (Å²) in [5, 5.41) is 0. The molecule has 1 heteroatoms. The van der Waals surface area contributed by atoms with E-state index >= 15 is 0 Å². The predicted octanol–water partition coefficient (Wildman–Crippen LogP) is 1.59. The van der Waals surface area contributed by atoms with Crippen molar-refractivity contribution in [2.75, 3.05) is 0 Å². The Kier molecular flexibility index (Phi) is 1.69. The van der Waals surface area contributed by atoms with Gasteiger partial charge in [0.1, 0.15) is 0 Å². The van der Waals surface area contributed by atoms with E-state index in [4.69, 9.17) is 0 Å². The Hall–Kier alpha value is -0.781. The zero-order valence-electron chi connectivity index (χ0n) is 5.95. The summed E-state index contributed by atoms with van der Waals surface area (Å²) in [5.74, 6) is 0. The summed E-state index contributed by atoms with van der Waals surface area (Å²) in [5.41, 5.74) is 2.60. The van der Waals surface area contributed by atoms with Crippen molar-refractivity contribution in [2.24, 2.45) is 0 Å². The maximum atomic E-state index is 3.04. The molecular weight excluding hydrogens is 199 g/mol. The van der Waals surface area contributed by atoms with Gasteiger partial charge >= 0.3 is 74.1 Å². The zero-order valence-corrected chi connectivity index (χ0v) is 7.66. The molecule has 1 radical (unpaired) electrons. The molecule has 2 aliphatic rings. The molecule has 2 aliphatic carbocycles. The summed E-state index contributed by atoms with van der Waals surface area (Å²) in [6, 6.07) is 14.6. The van der Waals surface area contributed by atoms with Crippen LogP contribution >= 0.6 is 0 Å². The normalized spacial score (nSPS) is 10.2. The molecule has 0 unspecified atom stereocenters. The summed E-state index contributed by atoms with van der Waals surface area (Å²) in [6.45, 7) is 0. The summed E-state index contributed by atoms with van der Waals surface area (Å²) in [4.78, 5) is 0. The molecule has 0 aromatic rings. The van der Waals surface area contributed by atoms with Crippen LogP contribution in [0.1, 0.15) is 0 Å². The van der Waals surface area contributed by atoms with Crippen molar-refractivity contribution in [2.45, 2.75) is 0 Å². The third kappa shape index (κ3) is 1.18. The average molecular weight is 206 g/mol. The Balaban J connectivity index is 2.75. The van der Waals surface area contributed by atoms with E-state index in [2.05, 4.69) is 52.4 Å². The van der Waals surface area contributed by atoms with Crippen molar-refractivity contribution in [1.82, 2.24) is 0 Å². The van der Waals surface area contributed by atoms with Crippen molar-refractivity contribution in [1.29, 1.82) is 0 Å². The van der Waals surface area contributed by atoms with Gasteiger partial charge in [-0.25, -0.2) is 0 Å². The van der Waals surface area contributed by atoms with Crippen LogP contribution in [0.5, 0.6) is 0 Å². The molecule has 0 saturated heterocycles. The molecule has 0 spiro atoms. The molecule has 11 heavy (non-hydrogen) atoms. The average Bonchev–Trinajstić information content (AvgIpc) is 2.25. The van der Waals surface area contributed by atoms with Crippen molar-refractivity contribution in [3.8, 4) is 11.1 Å². The molecule has 0 amide bonds. The second kappa shape index (κ2) is 2.69. The van der Waals surface area contributed by atoms with Gasteiger partial charge in [0.05, 0.1) is 0 Å². The fourth-order valence-electron chi connectivity index (χ4n) is 1.19. The SMILES string of the molecule is [Se]c1ccc2cccccc1-2. The summed E-state index contributed by atoms with van der Waals surface area (Å²) in [7, 11) is 0. The van der Waals surface area contributed by atoms with Crippen LogP contribution < -0.4 is 4.46 Å². The van der Waals surface area contributed by atoms with Crippen LogP contribution in [0.15, 0.2) is 42.5 Å². The van der Waals surface area contributed by atoms with Gasteiger partial charge in [0, 0.05) is 0 Å². The van der Waals surface area contributed by atoms with E-state index in [1.165, 1.54) is 15.6 Å². The van der Waals surface area contributed by atoms with Crippen molar-refractivity contribution in [3.63, 3.8) is 0 Å². The van der Waals surface area contributed by atoms with E-state index in [1.807, 2.05) is 6.07 Å². The second-order valence-electron chi connectivity index (χ2n) is 2.48. The maximum absolute atomic E-state index is 3.04. The van der Waals surface area contributed by atoms with Crippen molar-refractivity contribution < 1.29 is 0 Å². The van der Waals surface area contributed by atoms with Gasteiger partial charge in [-0.3, -0.25) is 0 Å². The van der Waals surface area contributed by atoms with E-state index in [0.29, 0.717) is 0 Å². The van der Waals surface area contributed by atoms with E-state index in [1.54, 1.807) is 0 Å². The first-order chi connectivity index (χ1) is 5.38. The third-order valence-corrected chi connectivity index (χ3v) is 2.50. The molecule has 0 aliphatic heterocycles. The van der Waals surface area contributed by atoms with Gasteiger partial charge in [0.25, 0.3) is 0 Å². The van der Waals surface area contributed by atoms with E-state index in [-0.39, 0.29) is 0 Å². The summed E-state index contributed by atoms with van der Waals surface area (Å²) >= 11 is 3.04. The molecule has 0 heterocycles. The Bertz CT molecular complexity index is 341. The second-order valence-corrected chi connectivity index (χ2v) is 3.40. The van der Waals surface area contributed by atoms with Gasteiger partial charge in [-0.15, -0.1) is 0 Å². The van der Waals surface area contributed by atoms with Gasteiger partial charge < -0.3 is 0 Å². The topological polar surface area (TPSA) is 0 Å². The van der Waals surface area contributed by atoms with Crippen LogP contribution in [-0.4, -0.2) is 16.0 Å². The van der Waals surface area contributed by atoms with E-state index < -0.39 is 0 Å². The Labute approximate surface area is 74.4 Å². The summed E-state index contributed by atoms with van der Waals surface area (Å²) in [6.07, 6.45) is 0. The molecule has 0 fully saturated rings. The number of rotatable bonds is 0. The molecule has 0 aromatic heterocycles. The van der Waals surface area contributed by atoms with Crippen molar-refractivity contribution in [3.05, 3.63) is 42.5 Å².